The molecule has 0 aliphatic carbocycles. The molecule has 0 unspecified atom stereocenters. The number of benzene rings is 1. The standard InChI is InChI=1S/C21H27N5OS2/c1-14-12-16(23-25(14)3)20(27)24(2)13-15-8-10-26(11-9-15)21-22-19-17(28-4)6-5-7-18(19)29-21/h5-7,12,15H,8-11,13H2,1-4H3. The monoisotopic (exact) mass is 429 g/mol. The number of hydrogen-bond donors (Lipinski definition) is 0. The van der Waals surface area contributed by atoms with Gasteiger partial charge in [-0.05, 0) is 50.1 Å². The van der Waals surface area contributed by atoms with E-state index >= 15 is 0 Å². The molecule has 1 fully saturated rings. The van der Waals surface area contributed by atoms with E-state index in [1.165, 1.54) is 9.60 Å². The number of aryl methyl sites for hydroxylation is 2. The number of piperidine rings is 1. The number of amides is 1. The summed E-state index contributed by atoms with van der Waals surface area (Å²) in [5.41, 5.74) is 2.65. The zero-order chi connectivity index (χ0) is 20.5. The second kappa shape index (κ2) is 8.36. The topological polar surface area (TPSA) is 54.3 Å². The van der Waals surface area contributed by atoms with E-state index < -0.39 is 0 Å². The minimum Gasteiger partial charge on any atom is -0.348 e. The molecule has 4 rings (SSSR count). The van der Waals surface area contributed by atoms with Crippen LogP contribution >= 0.6 is 23.1 Å². The Labute approximate surface area is 179 Å². The van der Waals surface area contributed by atoms with Gasteiger partial charge in [-0.15, -0.1) is 11.8 Å². The van der Waals surface area contributed by atoms with Gasteiger partial charge in [0.25, 0.3) is 5.91 Å². The van der Waals surface area contributed by atoms with Gasteiger partial charge in [0.15, 0.2) is 10.8 Å². The third kappa shape index (κ3) is 4.14. The molecule has 3 aromatic rings. The number of carbonyl (C=O) groups is 1. The highest BCUT2D eigenvalue weighted by atomic mass is 32.2. The van der Waals surface area contributed by atoms with Gasteiger partial charge in [-0.3, -0.25) is 9.48 Å². The molecule has 0 bridgehead atoms. The fourth-order valence-electron chi connectivity index (χ4n) is 3.85. The Kier molecular flexibility index (Phi) is 5.83. The zero-order valence-corrected chi connectivity index (χ0v) is 19.0. The molecule has 0 spiro atoms. The summed E-state index contributed by atoms with van der Waals surface area (Å²) in [6.45, 7) is 4.72. The third-order valence-electron chi connectivity index (χ3n) is 5.69. The Morgan fingerprint density at radius 1 is 1.34 bits per heavy atom. The van der Waals surface area contributed by atoms with Crippen molar-refractivity contribution in [2.24, 2.45) is 13.0 Å². The van der Waals surface area contributed by atoms with Gasteiger partial charge < -0.3 is 9.80 Å². The van der Waals surface area contributed by atoms with Crippen molar-refractivity contribution in [2.75, 3.05) is 37.8 Å². The van der Waals surface area contributed by atoms with E-state index in [-0.39, 0.29) is 5.91 Å². The quantitative estimate of drug-likeness (QED) is 0.573. The average molecular weight is 430 g/mol. The molecule has 6 nitrogen and oxygen atoms in total. The van der Waals surface area contributed by atoms with Crippen LogP contribution in [0.4, 0.5) is 5.13 Å². The molecule has 0 radical (unpaired) electrons. The molecule has 0 saturated carbocycles. The summed E-state index contributed by atoms with van der Waals surface area (Å²) in [6, 6.07) is 8.26. The van der Waals surface area contributed by atoms with Crippen molar-refractivity contribution in [1.29, 1.82) is 0 Å². The molecule has 0 atom stereocenters. The summed E-state index contributed by atoms with van der Waals surface area (Å²) >= 11 is 3.53. The summed E-state index contributed by atoms with van der Waals surface area (Å²) in [7, 11) is 3.75. The van der Waals surface area contributed by atoms with Crippen molar-refractivity contribution in [3.8, 4) is 0 Å². The summed E-state index contributed by atoms with van der Waals surface area (Å²) in [5, 5.41) is 5.44. The Balaban J connectivity index is 1.36. The van der Waals surface area contributed by atoms with Crippen LogP contribution < -0.4 is 4.90 Å². The van der Waals surface area contributed by atoms with Crippen LogP contribution in [-0.2, 0) is 7.05 Å². The van der Waals surface area contributed by atoms with E-state index in [1.807, 2.05) is 32.0 Å². The summed E-state index contributed by atoms with van der Waals surface area (Å²) in [4.78, 5) is 23.0. The number of hydrogen-bond acceptors (Lipinski definition) is 6. The summed E-state index contributed by atoms with van der Waals surface area (Å²) in [5.74, 6) is 0.521. The van der Waals surface area contributed by atoms with Crippen LogP contribution in [0.15, 0.2) is 29.2 Å². The number of fused-ring (bicyclic) bond motifs is 1. The second-order valence-electron chi connectivity index (χ2n) is 7.71. The predicted molar refractivity (Wildman–Crippen MR) is 121 cm³/mol. The van der Waals surface area contributed by atoms with Gasteiger partial charge in [-0.2, -0.15) is 5.10 Å². The van der Waals surface area contributed by atoms with Crippen molar-refractivity contribution >= 4 is 44.4 Å². The number of rotatable bonds is 5. The van der Waals surface area contributed by atoms with E-state index in [2.05, 4.69) is 34.5 Å². The number of anilines is 1. The average Bonchev–Trinajstić information content (AvgIpc) is 3.31. The van der Waals surface area contributed by atoms with E-state index in [1.54, 1.807) is 27.8 Å². The molecular weight excluding hydrogens is 402 g/mol. The molecule has 1 saturated heterocycles. The molecule has 1 amide bonds. The lowest BCUT2D eigenvalue weighted by molar-refractivity contribution is 0.0758. The highest BCUT2D eigenvalue weighted by Gasteiger charge is 2.25. The van der Waals surface area contributed by atoms with Gasteiger partial charge in [-0.1, -0.05) is 17.4 Å². The SMILES string of the molecule is CSc1cccc2sc(N3CCC(CN(C)C(=O)c4cc(C)n(C)n4)CC3)nc12. The molecule has 2 aromatic heterocycles. The maximum Gasteiger partial charge on any atom is 0.274 e. The number of thiazole rings is 1. The van der Waals surface area contributed by atoms with E-state index in [0.29, 0.717) is 11.6 Å². The van der Waals surface area contributed by atoms with Crippen molar-refractivity contribution in [3.63, 3.8) is 0 Å². The molecule has 154 valence electrons. The third-order valence-corrected chi connectivity index (χ3v) is 7.54. The van der Waals surface area contributed by atoms with Crippen LogP contribution in [0.3, 0.4) is 0 Å². The molecule has 1 aromatic carbocycles. The predicted octanol–water partition coefficient (Wildman–Crippen LogP) is 4.05. The minimum atomic E-state index is 0.00639. The van der Waals surface area contributed by atoms with Crippen molar-refractivity contribution in [2.45, 2.75) is 24.7 Å². The Bertz CT molecular complexity index is 1000. The normalized spacial score (nSPS) is 15.2. The smallest absolute Gasteiger partial charge is 0.274 e. The first-order valence-electron chi connectivity index (χ1n) is 9.91. The molecule has 29 heavy (non-hydrogen) atoms. The number of para-hydroxylation sites is 1. The number of aromatic nitrogens is 3. The van der Waals surface area contributed by atoms with Gasteiger partial charge >= 0.3 is 0 Å². The van der Waals surface area contributed by atoms with Crippen LogP contribution in [0, 0.1) is 12.8 Å². The first-order valence-corrected chi connectivity index (χ1v) is 11.9. The molecule has 8 heteroatoms. The van der Waals surface area contributed by atoms with Crippen molar-refractivity contribution < 1.29 is 4.79 Å². The van der Waals surface area contributed by atoms with Crippen molar-refractivity contribution in [1.82, 2.24) is 19.7 Å². The number of carbonyl (C=O) groups excluding carboxylic acids is 1. The van der Waals surface area contributed by atoms with Crippen LogP contribution in [0.25, 0.3) is 10.2 Å². The van der Waals surface area contributed by atoms with Gasteiger partial charge in [-0.25, -0.2) is 4.98 Å². The highest BCUT2D eigenvalue weighted by molar-refractivity contribution is 7.98. The lowest BCUT2D eigenvalue weighted by Crippen LogP contribution is -2.39. The second-order valence-corrected chi connectivity index (χ2v) is 9.57. The number of nitrogens with zero attached hydrogens (tertiary/aromatic N) is 5. The van der Waals surface area contributed by atoms with Crippen LogP contribution in [0.5, 0.6) is 0 Å². The first kappa shape index (κ1) is 20.2. The lowest BCUT2D eigenvalue weighted by atomic mass is 9.96. The van der Waals surface area contributed by atoms with Crippen LogP contribution in [-0.4, -0.2) is 58.5 Å². The summed E-state index contributed by atoms with van der Waals surface area (Å²) in [6.07, 6.45) is 4.25. The number of thioether (sulfide) groups is 1. The highest BCUT2D eigenvalue weighted by Crippen LogP contribution is 2.35. The molecule has 3 heterocycles. The fourth-order valence-corrected chi connectivity index (χ4v) is 5.52. The molecule has 1 aliphatic rings. The van der Waals surface area contributed by atoms with Gasteiger partial charge in [0.2, 0.25) is 0 Å². The van der Waals surface area contributed by atoms with Crippen molar-refractivity contribution in [3.05, 3.63) is 35.7 Å². The fraction of sp³-hybridized carbons (Fsp3) is 0.476. The van der Waals surface area contributed by atoms with Gasteiger partial charge in [0.1, 0.15) is 0 Å². The maximum atomic E-state index is 12.7. The first-order chi connectivity index (χ1) is 14.0. The van der Waals surface area contributed by atoms with E-state index in [4.69, 9.17) is 4.98 Å². The minimum absolute atomic E-state index is 0.00639. The van der Waals surface area contributed by atoms with E-state index in [0.717, 1.165) is 48.8 Å². The maximum absolute atomic E-state index is 12.7. The lowest BCUT2D eigenvalue weighted by Gasteiger charge is -2.33. The molecule has 0 N–H and O–H groups in total. The Morgan fingerprint density at radius 3 is 2.76 bits per heavy atom. The Hall–Kier alpha value is -2.06. The van der Waals surface area contributed by atoms with E-state index in [9.17, 15) is 4.79 Å². The van der Waals surface area contributed by atoms with Crippen LogP contribution in [0.1, 0.15) is 29.0 Å². The zero-order valence-electron chi connectivity index (χ0n) is 17.4. The summed E-state index contributed by atoms with van der Waals surface area (Å²) < 4.78 is 3.00. The van der Waals surface area contributed by atoms with Gasteiger partial charge in [0, 0.05) is 44.3 Å². The largest absolute Gasteiger partial charge is 0.348 e. The molecule has 1 aliphatic heterocycles. The molecular formula is C21H27N5OS2. The van der Waals surface area contributed by atoms with Gasteiger partial charge in [0.05, 0.1) is 10.2 Å². The van der Waals surface area contributed by atoms with Crippen LogP contribution in [0.2, 0.25) is 0 Å². The Morgan fingerprint density at radius 2 is 2.10 bits per heavy atom.